The van der Waals surface area contributed by atoms with Crippen molar-refractivity contribution in [3.05, 3.63) is 0 Å². The molecule has 88 valence electrons. The lowest BCUT2D eigenvalue weighted by Crippen LogP contribution is -2.48. The van der Waals surface area contributed by atoms with Crippen LogP contribution in [0.15, 0.2) is 0 Å². The highest BCUT2D eigenvalue weighted by atomic mass is 16.5. The summed E-state index contributed by atoms with van der Waals surface area (Å²) in [5, 5.41) is 3.47. The molecule has 0 bridgehead atoms. The first-order valence-electron chi connectivity index (χ1n) is 6.30. The second-order valence-electron chi connectivity index (χ2n) is 5.38. The Kier molecular flexibility index (Phi) is 3.65. The van der Waals surface area contributed by atoms with E-state index in [2.05, 4.69) is 12.2 Å². The van der Waals surface area contributed by atoms with Gasteiger partial charge in [0.05, 0.1) is 6.10 Å². The number of nitrogens with one attached hydrogen (secondary N) is 1. The predicted molar refractivity (Wildman–Crippen MR) is 61.8 cm³/mol. The molecule has 1 saturated carbocycles. The van der Waals surface area contributed by atoms with Gasteiger partial charge in [-0.05, 0) is 51.5 Å². The smallest absolute Gasteiger partial charge is 0.0588 e. The van der Waals surface area contributed by atoms with Crippen LogP contribution in [0.5, 0.6) is 0 Å². The van der Waals surface area contributed by atoms with E-state index in [-0.39, 0.29) is 5.54 Å². The summed E-state index contributed by atoms with van der Waals surface area (Å²) < 4.78 is 5.57. The molecule has 1 heterocycles. The zero-order valence-electron chi connectivity index (χ0n) is 9.80. The average molecular weight is 212 g/mol. The first-order valence-corrected chi connectivity index (χ1v) is 6.30. The van der Waals surface area contributed by atoms with Gasteiger partial charge in [-0.1, -0.05) is 0 Å². The number of hydrogen-bond acceptors (Lipinski definition) is 3. The van der Waals surface area contributed by atoms with Gasteiger partial charge < -0.3 is 15.8 Å². The van der Waals surface area contributed by atoms with Crippen LogP contribution in [0.1, 0.15) is 39.0 Å². The fraction of sp³-hybridized carbons (Fsp3) is 1.00. The molecule has 1 aliphatic carbocycles. The standard InChI is InChI=1S/C12H24N2O/c1-12(13,10-4-5-10)9-14-7-6-11-3-2-8-15-11/h10-11,14H,2-9,13H2,1H3. The van der Waals surface area contributed by atoms with Crippen molar-refractivity contribution in [1.29, 1.82) is 0 Å². The molecular formula is C12H24N2O. The van der Waals surface area contributed by atoms with Crippen LogP contribution >= 0.6 is 0 Å². The van der Waals surface area contributed by atoms with E-state index in [0.29, 0.717) is 6.10 Å². The second kappa shape index (κ2) is 4.81. The van der Waals surface area contributed by atoms with Crippen molar-refractivity contribution in [2.75, 3.05) is 19.7 Å². The Balaban J connectivity index is 1.54. The van der Waals surface area contributed by atoms with Gasteiger partial charge in [-0.15, -0.1) is 0 Å². The SMILES string of the molecule is CC(N)(CNCCC1CCCO1)C1CC1. The molecule has 0 amide bonds. The molecule has 3 heteroatoms. The van der Waals surface area contributed by atoms with Crippen LogP contribution in [0.2, 0.25) is 0 Å². The number of nitrogens with two attached hydrogens (primary N) is 1. The van der Waals surface area contributed by atoms with E-state index in [0.717, 1.165) is 32.0 Å². The number of rotatable bonds is 6. The van der Waals surface area contributed by atoms with Gasteiger partial charge in [0.15, 0.2) is 0 Å². The average Bonchev–Trinajstić information content (AvgIpc) is 2.94. The molecule has 3 nitrogen and oxygen atoms in total. The Labute approximate surface area is 92.7 Å². The molecule has 1 saturated heterocycles. The van der Waals surface area contributed by atoms with Crippen LogP contribution < -0.4 is 11.1 Å². The van der Waals surface area contributed by atoms with Crippen molar-refractivity contribution < 1.29 is 4.74 Å². The van der Waals surface area contributed by atoms with Crippen LogP contribution in [-0.2, 0) is 4.74 Å². The number of ether oxygens (including phenoxy) is 1. The molecule has 3 N–H and O–H groups in total. The zero-order valence-corrected chi connectivity index (χ0v) is 9.80. The highest BCUT2D eigenvalue weighted by Crippen LogP contribution is 2.37. The molecule has 0 spiro atoms. The minimum atomic E-state index is 0.0104. The van der Waals surface area contributed by atoms with Crippen molar-refractivity contribution in [1.82, 2.24) is 5.32 Å². The van der Waals surface area contributed by atoms with Crippen LogP contribution in [0.3, 0.4) is 0 Å². The molecule has 1 aliphatic heterocycles. The first kappa shape index (κ1) is 11.4. The Morgan fingerprint density at radius 1 is 1.40 bits per heavy atom. The molecule has 2 fully saturated rings. The van der Waals surface area contributed by atoms with Gasteiger partial charge in [0, 0.05) is 18.7 Å². The summed E-state index contributed by atoms with van der Waals surface area (Å²) in [5.41, 5.74) is 6.23. The zero-order chi connectivity index (χ0) is 10.7. The largest absolute Gasteiger partial charge is 0.378 e. The molecule has 0 radical (unpaired) electrons. The van der Waals surface area contributed by atoms with Gasteiger partial charge in [0.25, 0.3) is 0 Å². The lowest BCUT2D eigenvalue weighted by atomic mass is 9.97. The maximum atomic E-state index is 6.22. The number of hydrogen-bond donors (Lipinski definition) is 2. The molecule has 2 rings (SSSR count). The molecule has 15 heavy (non-hydrogen) atoms. The molecule has 0 aromatic rings. The highest BCUT2D eigenvalue weighted by molar-refractivity contribution is 4.96. The van der Waals surface area contributed by atoms with E-state index in [1.165, 1.54) is 25.7 Å². The third-order valence-corrected chi connectivity index (χ3v) is 3.68. The summed E-state index contributed by atoms with van der Waals surface area (Å²) in [5.74, 6) is 0.757. The van der Waals surface area contributed by atoms with Crippen LogP contribution in [0.4, 0.5) is 0 Å². The Morgan fingerprint density at radius 2 is 2.20 bits per heavy atom. The Hall–Kier alpha value is -0.120. The summed E-state index contributed by atoms with van der Waals surface area (Å²) in [4.78, 5) is 0. The third-order valence-electron chi connectivity index (χ3n) is 3.68. The Morgan fingerprint density at radius 3 is 2.80 bits per heavy atom. The fourth-order valence-electron chi connectivity index (χ4n) is 2.38. The van der Waals surface area contributed by atoms with Crippen molar-refractivity contribution in [2.24, 2.45) is 11.7 Å². The predicted octanol–water partition coefficient (Wildman–Crippen LogP) is 1.27. The summed E-state index contributed by atoms with van der Waals surface area (Å²) in [7, 11) is 0. The molecule has 2 unspecified atom stereocenters. The normalized spacial score (nSPS) is 30.4. The van der Waals surface area contributed by atoms with Gasteiger partial charge in [-0.25, -0.2) is 0 Å². The first-order chi connectivity index (χ1) is 7.18. The van der Waals surface area contributed by atoms with Crippen LogP contribution in [0.25, 0.3) is 0 Å². The molecule has 2 atom stereocenters. The van der Waals surface area contributed by atoms with Gasteiger partial charge >= 0.3 is 0 Å². The van der Waals surface area contributed by atoms with Crippen molar-refractivity contribution in [2.45, 2.75) is 50.7 Å². The van der Waals surface area contributed by atoms with E-state index in [4.69, 9.17) is 10.5 Å². The van der Waals surface area contributed by atoms with Crippen molar-refractivity contribution in [3.8, 4) is 0 Å². The van der Waals surface area contributed by atoms with Crippen molar-refractivity contribution >= 4 is 0 Å². The summed E-state index contributed by atoms with van der Waals surface area (Å²) in [6.07, 6.45) is 6.76. The molecule has 2 aliphatic rings. The molecule has 0 aromatic carbocycles. The minimum Gasteiger partial charge on any atom is -0.378 e. The van der Waals surface area contributed by atoms with Gasteiger partial charge in [0.2, 0.25) is 0 Å². The summed E-state index contributed by atoms with van der Waals surface area (Å²) >= 11 is 0. The van der Waals surface area contributed by atoms with Gasteiger partial charge in [-0.3, -0.25) is 0 Å². The van der Waals surface area contributed by atoms with E-state index >= 15 is 0 Å². The summed E-state index contributed by atoms with van der Waals surface area (Å²) in [6.45, 7) is 5.12. The van der Waals surface area contributed by atoms with Gasteiger partial charge in [0.1, 0.15) is 0 Å². The van der Waals surface area contributed by atoms with Gasteiger partial charge in [-0.2, -0.15) is 0 Å². The van der Waals surface area contributed by atoms with Crippen molar-refractivity contribution in [3.63, 3.8) is 0 Å². The topological polar surface area (TPSA) is 47.3 Å². The van der Waals surface area contributed by atoms with Crippen LogP contribution in [-0.4, -0.2) is 31.3 Å². The minimum absolute atomic E-state index is 0.0104. The second-order valence-corrected chi connectivity index (χ2v) is 5.38. The monoisotopic (exact) mass is 212 g/mol. The van der Waals surface area contributed by atoms with E-state index in [1.807, 2.05) is 0 Å². The maximum absolute atomic E-state index is 6.22. The Bertz CT molecular complexity index is 196. The van der Waals surface area contributed by atoms with E-state index in [1.54, 1.807) is 0 Å². The summed E-state index contributed by atoms with van der Waals surface area (Å²) in [6, 6.07) is 0. The maximum Gasteiger partial charge on any atom is 0.0588 e. The fourth-order valence-corrected chi connectivity index (χ4v) is 2.38. The highest BCUT2D eigenvalue weighted by Gasteiger charge is 2.37. The molecular weight excluding hydrogens is 188 g/mol. The van der Waals surface area contributed by atoms with Crippen LogP contribution in [0, 0.1) is 5.92 Å². The lowest BCUT2D eigenvalue weighted by molar-refractivity contribution is 0.104. The van der Waals surface area contributed by atoms with E-state index < -0.39 is 0 Å². The lowest BCUT2D eigenvalue weighted by Gasteiger charge is -2.25. The quantitative estimate of drug-likeness (QED) is 0.652. The molecule has 0 aromatic heterocycles. The van der Waals surface area contributed by atoms with E-state index in [9.17, 15) is 0 Å². The third kappa shape index (κ3) is 3.44.